The molecule has 0 atom stereocenters. The van der Waals surface area contributed by atoms with Gasteiger partial charge in [0.05, 0.1) is 18.3 Å². The number of ether oxygens (including phenoxy) is 1. The number of hydrogen-bond donors (Lipinski definition) is 1. The molecule has 0 aliphatic heterocycles. The van der Waals surface area contributed by atoms with Crippen LogP contribution in [0.25, 0.3) is 10.9 Å². The summed E-state index contributed by atoms with van der Waals surface area (Å²) >= 11 is 5.96. The Bertz CT molecular complexity index is 1010. The van der Waals surface area contributed by atoms with Crippen LogP contribution in [-0.2, 0) is 11.3 Å². The van der Waals surface area contributed by atoms with Crippen molar-refractivity contribution in [1.29, 1.82) is 0 Å². The SMILES string of the molecule is COc1ccc(C)cc1NC(=O)Cn1ccc(=O)c2cc(Cl)ccc21. The highest BCUT2D eigenvalue weighted by molar-refractivity contribution is 6.31. The van der Waals surface area contributed by atoms with Gasteiger partial charge in [-0.3, -0.25) is 9.59 Å². The van der Waals surface area contributed by atoms with E-state index in [0.717, 1.165) is 5.56 Å². The quantitative estimate of drug-likeness (QED) is 0.776. The molecule has 0 aliphatic rings. The summed E-state index contributed by atoms with van der Waals surface area (Å²) in [5, 5.41) is 3.82. The van der Waals surface area contributed by atoms with Crippen LogP contribution < -0.4 is 15.5 Å². The zero-order chi connectivity index (χ0) is 18.0. The topological polar surface area (TPSA) is 60.3 Å². The molecule has 0 fully saturated rings. The van der Waals surface area contributed by atoms with Gasteiger partial charge in [0.15, 0.2) is 5.43 Å². The number of methoxy groups -OCH3 is 1. The lowest BCUT2D eigenvalue weighted by Gasteiger charge is -2.13. The highest BCUT2D eigenvalue weighted by Crippen LogP contribution is 2.25. The Hall–Kier alpha value is -2.79. The van der Waals surface area contributed by atoms with Crippen LogP contribution in [0.15, 0.2) is 53.5 Å². The summed E-state index contributed by atoms with van der Waals surface area (Å²) in [4.78, 5) is 24.5. The molecule has 1 amide bonds. The molecule has 25 heavy (non-hydrogen) atoms. The van der Waals surface area contributed by atoms with Crippen molar-refractivity contribution >= 4 is 34.1 Å². The zero-order valence-corrected chi connectivity index (χ0v) is 14.6. The lowest BCUT2D eigenvalue weighted by atomic mass is 10.2. The number of nitrogens with one attached hydrogen (secondary N) is 1. The second-order valence-electron chi connectivity index (χ2n) is 5.72. The van der Waals surface area contributed by atoms with E-state index < -0.39 is 0 Å². The number of hydrogen-bond acceptors (Lipinski definition) is 3. The van der Waals surface area contributed by atoms with Gasteiger partial charge in [-0.15, -0.1) is 0 Å². The first-order valence-corrected chi connectivity index (χ1v) is 8.09. The van der Waals surface area contributed by atoms with E-state index in [4.69, 9.17) is 16.3 Å². The number of carbonyl (C=O) groups excluding carboxylic acids is 1. The van der Waals surface area contributed by atoms with E-state index in [-0.39, 0.29) is 17.9 Å². The lowest BCUT2D eigenvalue weighted by Crippen LogP contribution is -2.20. The molecule has 0 bridgehead atoms. The van der Waals surface area contributed by atoms with Crippen molar-refractivity contribution in [1.82, 2.24) is 4.57 Å². The molecule has 0 aliphatic carbocycles. The minimum atomic E-state index is -0.219. The second-order valence-corrected chi connectivity index (χ2v) is 6.16. The predicted octanol–water partition coefficient (Wildman–Crippen LogP) is 3.61. The van der Waals surface area contributed by atoms with Crippen molar-refractivity contribution in [2.75, 3.05) is 12.4 Å². The van der Waals surface area contributed by atoms with Gasteiger partial charge in [0.1, 0.15) is 12.3 Å². The molecule has 0 saturated carbocycles. The molecule has 0 unspecified atom stereocenters. The molecule has 1 N–H and O–H groups in total. The van der Waals surface area contributed by atoms with E-state index in [1.165, 1.54) is 6.07 Å². The maximum Gasteiger partial charge on any atom is 0.244 e. The first-order chi connectivity index (χ1) is 12.0. The monoisotopic (exact) mass is 356 g/mol. The molecule has 6 heteroatoms. The number of amides is 1. The molecule has 128 valence electrons. The van der Waals surface area contributed by atoms with Gasteiger partial charge in [-0.25, -0.2) is 0 Å². The van der Waals surface area contributed by atoms with Crippen LogP contribution in [-0.4, -0.2) is 17.6 Å². The summed E-state index contributed by atoms with van der Waals surface area (Å²) in [5.74, 6) is 0.374. The molecule has 0 saturated heterocycles. The van der Waals surface area contributed by atoms with Crippen molar-refractivity contribution in [3.8, 4) is 5.75 Å². The van der Waals surface area contributed by atoms with Crippen LogP contribution in [0.5, 0.6) is 5.75 Å². The van der Waals surface area contributed by atoms with Crippen LogP contribution >= 0.6 is 11.6 Å². The largest absolute Gasteiger partial charge is 0.495 e. The van der Waals surface area contributed by atoms with E-state index in [0.29, 0.717) is 27.4 Å². The predicted molar refractivity (Wildman–Crippen MR) is 99.6 cm³/mol. The normalized spacial score (nSPS) is 10.7. The minimum Gasteiger partial charge on any atom is -0.495 e. The average molecular weight is 357 g/mol. The van der Waals surface area contributed by atoms with E-state index in [1.807, 2.05) is 25.1 Å². The Labute approximate surface area is 149 Å². The van der Waals surface area contributed by atoms with Crippen LogP contribution in [0.4, 0.5) is 5.69 Å². The summed E-state index contributed by atoms with van der Waals surface area (Å²) in [5.41, 5.74) is 2.15. The molecule has 1 aromatic heterocycles. The van der Waals surface area contributed by atoms with Gasteiger partial charge >= 0.3 is 0 Å². The molecule has 0 spiro atoms. The number of nitrogens with zero attached hydrogens (tertiary/aromatic N) is 1. The average Bonchev–Trinajstić information content (AvgIpc) is 2.58. The highest BCUT2D eigenvalue weighted by atomic mass is 35.5. The Morgan fingerprint density at radius 1 is 1.20 bits per heavy atom. The summed E-state index contributed by atoms with van der Waals surface area (Å²) in [6.45, 7) is 2.00. The Morgan fingerprint density at radius 3 is 2.76 bits per heavy atom. The standard InChI is InChI=1S/C19H17ClN2O3/c1-12-3-6-18(25-2)15(9-12)21-19(24)11-22-8-7-17(23)14-10-13(20)4-5-16(14)22/h3-10H,11H2,1-2H3,(H,21,24). The second kappa shape index (κ2) is 6.99. The van der Waals surface area contributed by atoms with E-state index >= 15 is 0 Å². The summed E-state index contributed by atoms with van der Waals surface area (Å²) in [6, 6.07) is 12.0. The summed E-state index contributed by atoms with van der Waals surface area (Å²) < 4.78 is 6.99. The number of pyridine rings is 1. The Kier molecular flexibility index (Phi) is 4.76. The number of benzene rings is 2. The van der Waals surface area contributed by atoms with E-state index in [2.05, 4.69) is 5.32 Å². The van der Waals surface area contributed by atoms with Gasteiger partial charge in [0.25, 0.3) is 0 Å². The first kappa shape index (κ1) is 17.0. The highest BCUT2D eigenvalue weighted by Gasteiger charge is 2.10. The van der Waals surface area contributed by atoms with Crippen molar-refractivity contribution < 1.29 is 9.53 Å². The molecule has 1 heterocycles. The third-order valence-corrected chi connectivity index (χ3v) is 4.12. The van der Waals surface area contributed by atoms with Crippen LogP contribution in [0.3, 0.4) is 0 Å². The van der Waals surface area contributed by atoms with E-state index in [9.17, 15) is 9.59 Å². The summed E-state index contributed by atoms with van der Waals surface area (Å²) in [7, 11) is 1.55. The van der Waals surface area contributed by atoms with Crippen LogP contribution in [0, 0.1) is 6.92 Å². The maximum absolute atomic E-state index is 12.5. The van der Waals surface area contributed by atoms with E-state index in [1.54, 1.807) is 36.1 Å². The number of aryl methyl sites for hydroxylation is 1. The van der Waals surface area contributed by atoms with Crippen LogP contribution in [0.2, 0.25) is 5.02 Å². The van der Waals surface area contributed by atoms with Gasteiger partial charge < -0.3 is 14.6 Å². The Morgan fingerprint density at radius 2 is 2.00 bits per heavy atom. The fraction of sp³-hybridized carbons (Fsp3) is 0.158. The lowest BCUT2D eigenvalue weighted by molar-refractivity contribution is -0.116. The van der Waals surface area contributed by atoms with Crippen molar-refractivity contribution in [2.24, 2.45) is 0 Å². The van der Waals surface area contributed by atoms with Gasteiger partial charge in [0.2, 0.25) is 5.91 Å². The summed E-state index contributed by atoms with van der Waals surface area (Å²) in [6.07, 6.45) is 1.60. The molecular weight excluding hydrogens is 340 g/mol. The first-order valence-electron chi connectivity index (χ1n) is 7.71. The fourth-order valence-electron chi connectivity index (χ4n) is 2.69. The molecule has 5 nitrogen and oxygen atoms in total. The smallest absolute Gasteiger partial charge is 0.244 e. The van der Waals surface area contributed by atoms with Gasteiger partial charge in [-0.1, -0.05) is 17.7 Å². The third kappa shape index (κ3) is 3.67. The maximum atomic E-state index is 12.5. The fourth-order valence-corrected chi connectivity index (χ4v) is 2.86. The Balaban J connectivity index is 1.89. The molecule has 3 aromatic rings. The van der Waals surface area contributed by atoms with Gasteiger partial charge in [-0.05, 0) is 42.8 Å². The number of anilines is 1. The zero-order valence-electron chi connectivity index (χ0n) is 13.9. The number of rotatable bonds is 4. The van der Waals surface area contributed by atoms with Crippen molar-refractivity contribution in [3.05, 3.63) is 69.5 Å². The van der Waals surface area contributed by atoms with Crippen molar-refractivity contribution in [2.45, 2.75) is 13.5 Å². The van der Waals surface area contributed by atoms with Crippen LogP contribution in [0.1, 0.15) is 5.56 Å². The molecule has 2 aromatic carbocycles. The number of fused-ring (bicyclic) bond motifs is 1. The molecular formula is C19H17ClN2O3. The van der Waals surface area contributed by atoms with Gasteiger partial charge in [-0.2, -0.15) is 0 Å². The number of halogens is 1. The van der Waals surface area contributed by atoms with Gasteiger partial charge in [0, 0.05) is 22.7 Å². The molecule has 3 rings (SSSR count). The van der Waals surface area contributed by atoms with Crippen molar-refractivity contribution in [3.63, 3.8) is 0 Å². The minimum absolute atomic E-state index is 0.0650. The molecule has 0 radical (unpaired) electrons. The third-order valence-electron chi connectivity index (χ3n) is 3.88. The number of carbonyl (C=O) groups is 1. The number of aromatic nitrogens is 1.